The second-order valence-electron chi connectivity index (χ2n) is 6.25. The van der Waals surface area contributed by atoms with Crippen molar-refractivity contribution in [3.8, 4) is 0 Å². The highest BCUT2D eigenvalue weighted by Gasteiger charge is 2.26. The van der Waals surface area contributed by atoms with E-state index in [2.05, 4.69) is 5.32 Å². The molecule has 26 heavy (non-hydrogen) atoms. The van der Waals surface area contributed by atoms with E-state index >= 15 is 0 Å². The van der Waals surface area contributed by atoms with Crippen LogP contribution in [0.15, 0.2) is 66.7 Å². The molecular formula is C21H20FNO3. The van der Waals surface area contributed by atoms with Gasteiger partial charge in [0.15, 0.2) is 0 Å². The molecule has 4 nitrogen and oxygen atoms in total. The molecule has 3 rings (SSSR count). The Balaban J connectivity index is 1.72. The molecule has 1 amide bonds. The molecule has 2 aromatic carbocycles. The molecule has 0 spiro atoms. The number of rotatable bonds is 6. The Morgan fingerprint density at radius 2 is 1.85 bits per heavy atom. The Hall–Kier alpha value is -2.95. The highest BCUT2D eigenvalue weighted by Crippen LogP contribution is 2.25. The molecule has 0 saturated heterocycles. The Morgan fingerprint density at radius 3 is 2.50 bits per heavy atom. The minimum absolute atomic E-state index is 0.166. The van der Waals surface area contributed by atoms with Crippen LogP contribution in [0.4, 0.5) is 10.1 Å². The van der Waals surface area contributed by atoms with Crippen LogP contribution >= 0.6 is 0 Å². The van der Waals surface area contributed by atoms with Crippen LogP contribution in [0, 0.1) is 11.7 Å². The van der Waals surface area contributed by atoms with E-state index in [0.717, 1.165) is 12.8 Å². The first-order chi connectivity index (χ1) is 12.6. The van der Waals surface area contributed by atoms with Crippen molar-refractivity contribution in [2.45, 2.75) is 25.4 Å². The molecule has 1 aliphatic carbocycles. The third-order valence-electron chi connectivity index (χ3n) is 4.24. The number of allylic oxidation sites excluding steroid dienone is 2. The smallest absolute Gasteiger partial charge is 0.307 e. The molecule has 0 unspecified atom stereocenters. The largest absolute Gasteiger partial charge is 0.447 e. The second kappa shape index (κ2) is 8.43. The molecule has 0 saturated carbocycles. The van der Waals surface area contributed by atoms with E-state index in [0.29, 0.717) is 11.3 Å². The lowest BCUT2D eigenvalue weighted by Gasteiger charge is -2.19. The van der Waals surface area contributed by atoms with E-state index in [1.54, 1.807) is 24.3 Å². The molecule has 0 radical (unpaired) electrons. The fraction of sp³-hybridized carbons (Fsp3) is 0.238. The summed E-state index contributed by atoms with van der Waals surface area (Å²) in [5.41, 5.74) is 1.02. The van der Waals surface area contributed by atoms with Gasteiger partial charge in [0.2, 0.25) is 6.10 Å². The van der Waals surface area contributed by atoms with Gasteiger partial charge in [0.1, 0.15) is 5.82 Å². The molecule has 134 valence electrons. The number of amides is 1. The topological polar surface area (TPSA) is 55.4 Å². The summed E-state index contributed by atoms with van der Waals surface area (Å²) >= 11 is 0. The highest BCUT2D eigenvalue weighted by atomic mass is 19.1. The third kappa shape index (κ3) is 4.79. The molecule has 0 bridgehead atoms. The first kappa shape index (κ1) is 17.9. The number of hydrogen-bond acceptors (Lipinski definition) is 3. The number of esters is 1. The number of hydrogen-bond donors (Lipinski definition) is 1. The maximum Gasteiger partial charge on any atom is 0.307 e. The molecule has 1 N–H and O–H groups in total. The average molecular weight is 353 g/mol. The Morgan fingerprint density at radius 1 is 1.12 bits per heavy atom. The molecule has 0 fully saturated rings. The predicted molar refractivity (Wildman–Crippen MR) is 96.8 cm³/mol. The van der Waals surface area contributed by atoms with Crippen LogP contribution in [0.25, 0.3) is 0 Å². The van der Waals surface area contributed by atoms with Crippen LogP contribution in [0.3, 0.4) is 0 Å². The normalized spacial score (nSPS) is 16.9. The summed E-state index contributed by atoms with van der Waals surface area (Å²) in [6.07, 6.45) is 5.14. The van der Waals surface area contributed by atoms with Gasteiger partial charge in [-0.3, -0.25) is 9.59 Å². The Bertz CT molecular complexity index is 787. The number of ether oxygens (including phenoxy) is 1. The van der Waals surface area contributed by atoms with Crippen LogP contribution in [-0.2, 0) is 14.3 Å². The fourth-order valence-corrected chi connectivity index (χ4v) is 2.90. The lowest BCUT2D eigenvalue weighted by atomic mass is 10.1. The lowest BCUT2D eigenvalue weighted by Crippen LogP contribution is -2.26. The Labute approximate surface area is 151 Å². The monoisotopic (exact) mass is 353 g/mol. The highest BCUT2D eigenvalue weighted by molar-refractivity contribution is 5.96. The van der Waals surface area contributed by atoms with Crippen LogP contribution in [0.2, 0.25) is 0 Å². The van der Waals surface area contributed by atoms with Gasteiger partial charge in [0.25, 0.3) is 5.91 Å². The van der Waals surface area contributed by atoms with Gasteiger partial charge < -0.3 is 10.1 Å². The fourth-order valence-electron chi connectivity index (χ4n) is 2.90. The zero-order valence-corrected chi connectivity index (χ0v) is 14.2. The molecule has 5 heteroatoms. The van der Waals surface area contributed by atoms with Crippen molar-refractivity contribution >= 4 is 17.6 Å². The average Bonchev–Trinajstić information content (AvgIpc) is 3.15. The summed E-state index contributed by atoms with van der Waals surface area (Å²) in [7, 11) is 0. The number of carbonyl (C=O) groups excluding carboxylic acids is 2. The summed E-state index contributed by atoms with van der Waals surface area (Å²) in [6, 6.07) is 14.3. The molecule has 2 atom stereocenters. The SMILES string of the molecule is O=C(C[C@H]1C=CCC1)O[C@H](C(=O)Nc1ccc(F)cc1)c1ccccc1. The third-order valence-corrected chi connectivity index (χ3v) is 4.24. The molecule has 1 aliphatic rings. The van der Waals surface area contributed by atoms with Crippen molar-refractivity contribution < 1.29 is 18.7 Å². The number of benzene rings is 2. The van der Waals surface area contributed by atoms with Gasteiger partial charge in [-0.15, -0.1) is 0 Å². The zero-order valence-electron chi connectivity index (χ0n) is 14.2. The van der Waals surface area contributed by atoms with Gasteiger partial charge >= 0.3 is 5.97 Å². The number of halogens is 1. The van der Waals surface area contributed by atoms with Crippen LogP contribution in [-0.4, -0.2) is 11.9 Å². The molecular weight excluding hydrogens is 333 g/mol. The van der Waals surface area contributed by atoms with Crippen molar-refractivity contribution in [3.63, 3.8) is 0 Å². The minimum atomic E-state index is -1.06. The molecule has 2 aromatic rings. The number of nitrogens with one attached hydrogen (secondary N) is 1. The molecule has 0 aliphatic heterocycles. The molecule has 0 aromatic heterocycles. The second-order valence-corrected chi connectivity index (χ2v) is 6.25. The Kier molecular flexibility index (Phi) is 5.79. The first-order valence-corrected chi connectivity index (χ1v) is 8.59. The minimum Gasteiger partial charge on any atom is -0.447 e. The molecule has 0 heterocycles. The van der Waals surface area contributed by atoms with Crippen LogP contribution < -0.4 is 5.32 Å². The van der Waals surface area contributed by atoms with Crippen molar-refractivity contribution in [1.29, 1.82) is 0 Å². The van der Waals surface area contributed by atoms with Crippen LogP contribution in [0.1, 0.15) is 30.9 Å². The maximum absolute atomic E-state index is 13.0. The summed E-state index contributed by atoms with van der Waals surface area (Å²) in [5, 5.41) is 2.67. The van der Waals surface area contributed by atoms with Crippen molar-refractivity contribution in [2.24, 2.45) is 5.92 Å². The van der Waals surface area contributed by atoms with E-state index in [4.69, 9.17) is 4.74 Å². The van der Waals surface area contributed by atoms with Crippen molar-refractivity contribution in [2.75, 3.05) is 5.32 Å². The first-order valence-electron chi connectivity index (χ1n) is 8.59. The standard InChI is InChI=1S/C21H20FNO3/c22-17-10-12-18(13-11-17)23-21(25)20(16-8-2-1-3-9-16)26-19(24)14-15-6-4-5-7-15/h1-4,6,8-13,15,20H,5,7,14H2,(H,23,25)/t15-,20-/m0/s1. The van der Waals surface area contributed by atoms with E-state index in [9.17, 15) is 14.0 Å². The van der Waals surface area contributed by atoms with Gasteiger partial charge in [-0.05, 0) is 43.0 Å². The van der Waals surface area contributed by atoms with Gasteiger partial charge in [0, 0.05) is 11.3 Å². The lowest BCUT2D eigenvalue weighted by molar-refractivity contribution is -0.155. The van der Waals surface area contributed by atoms with Gasteiger partial charge in [-0.2, -0.15) is 0 Å². The van der Waals surface area contributed by atoms with Gasteiger partial charge in [0.05, 0.1) is 6.42 Å². The summed E-state index contributed by atoms with van der Waals surface area (Å²) in [5.74, 6) is -1.11. The van der Waals surface area contributed by atoms with Crippen molar-refractivity contribution in [3.05, 3.63) is 78.1 Å². The number of carbonyl (C=O) groups is 2. The van der Waals surface area contributed by atoms with E-state index in [-0.39, 0.29) is 12.3 Å². The van der Waals surface area contributed by atoms with Gasteiger partial charge in [-0.1, -0.05) is 42.5 Å². The number of anilines is 1. The quantitative estimate of drug-likeness (QED) is 0.618. The van der Waals surface area contributed by atoms with Crippen LogP contribution in [0.5, 0.6) is 0 Å². The maximum atomic E-state index is 13.0. The zero-order chi connectivity index (χ0) is 18.4. The van der Waals surface area contributed by atoms with Gasteiger partial charge in [-0.25, -0.2) is 4.39 Å². The van der Waals surface area contributed by atoms with E-state index in [1.807, 2.05) is 18.2 Å². The van der Waals surface area contributed by atoms with E-state index < -0.39 is 23.8 Å². The summed E-state index contributed by atoms with van der Waals surface area (Å²) in [6.45, 7) is 0. The summed E-state index contributed by atoms with van der Waals surface area (Å²) in [4.78, 5) is 25.0. The van der Waals surface area contributed by atoms with Crippen molar-refractivity contribution in [1.82, 2.24) is 0 Å². The van der Waals surface area contributed by atoms with E-state index in [1.165, 1.54) is 24.3 Å². The summed E-state index contributed by atoms with van der Waals surface area (Å²) < 4.78 is 18.5. The predicted octanol–water partition coefficient (Wildman–Crippen LogP) is 4.41.